The van der Waals surface area contributed by atoms with Gasteiger partial charge in [0.2, 0.25) is 5.91 Å². The van der Waals surface area contributed by atoms with E-state index in [1.165, 1.54) is 25.7 Å². The van der Waals surface area contributed by atoms with Crippen molar-refractivity contribution in [2.75, 3.05) is 65.8 Å². The lowest BCUT2D eigenvalue weighted by atomic mass is 10.0. The number of hydrogen-bond donors (Lipinski definition) is 0. The Labute approximate surface area is 185 Å². The molecule has 0 aromatic rings. The van der Waals surface area contributed by atoms with Gasteiger partial charge in [-0.1, -0.05) is 39.5 Å². The largest absolute Gasteiger partial charge is 0.379 e. The Bertz CT molecular complexity index is 410. The van der Waals surface area contributed by atoms with Crippen molar-refractivity contribution in [3.8, 4) is 0 Å². The Balaban J connectivity index is 1.79. The highest BCUT2D eigenvalue weighted by atomic mass is 16.5. The van der Waals surface area contributed by atoms with E-state index in [-0.39, 0.29) is 5.91 Å². The third-order valence-electron chi connectivity index (χ3n) is 5.64. The summed E-state index contributed by atoms with van der Waals surface area (Å²) < 4.78 is 16.7. The highest BCUT2D eigenvalue weighted by Gasteiger charge is 2.21. The van der Waals surface area contributed by atoms with E-state index in [0.717, 1.165) is 51.5 Å². The fourth-order valence-corrected chi connectivity index (χ4v) is 3.62. The molecule has 0 radical (unpaired) electrons. The molecule has 178 valence electrons. The van der Waals surface area contributed by atoms with Crippen LogP contribution in [0.25, 0.3) is 0 Å². The molecular formula is C24H48N2O4. The summed E-state index contributed by atoms with van der Waals surface area (Å²) in [5.41, 5.74) is 0. The third kappa shape index (κ3) is 14.3. The quantitative estimate of drug-likeness (QED) is 0.309. The Morgan fingerprint density at radius 2 is 1.23 bits per heavy atom. The van der Waals surface area contributed by atoms with Gasteiger partial charge in [0.05, 0.1) is 26.4 Å². The van der Waals surface area contributed by atoms with Crippen LogP contribution >= 0.6 is 0 Å². The molecule has 1 aliphatic heterocycles. The number of carbonyl (C=O) groups is 1. The van der Waals surface area contributed by atoms with Gasteiger partial charge in [0.25, 0.3) is 0 Å². The molecule has 0 spiro atoms. The fraction of sp³-hybridized carbons (Fsp3) is 0.958. The van der Waals surface area contributed by atoms with Crippen LogP contribution in [0, 0.1) is 5.92 Å². The minimum absolute atomic E-state index is 0.260. The molecule has 0 saturated carbocycles. The van der Waals surface area contributed by atoms with Gasteiger partial charge in [0, 0.05) is 51.9 Å². The SMILES string of the molecule is CC(C)CCCCCCOCCOCCOCCCC(=O)N1CCN(C(C)C)CC1. The number of unbranched alkanes of at least 4 members (excludes halogenated alkanes) is 3. The summed E-state index contributed by atoms with van der Waals surface area (Å²) in [6.45, 7) is 16.6. The lowest BCUT2D eigenvalue weighted by molar-refractivity contribution is -0.133. The van der Waals surface area contributed by atoms with E-state index in [2.05, 4.69) is 32.6 Å². The zero-order valence-corrected chi connectivity index (χ0v) is 20.2. The van der Waals surface area contributed by atoms with Crippen molar-refractivity contribution in [1.82, 2.24) is 9.80 Å². The molecule has 0 atom stereocenters. The van der Waals surface area contributed by atoms with Gasteiger partial charge in [-0.15, -0.1) is 0 Å². The second-order valence-corrected chi connectivity index (χ2v) is 9.05. The Hall–Kier alpha value is -0.690. The molecule has 1 fully saturated rings. The summed E-state index contributed by atoms with van der Waals surface area (Å²) in [7, 11) is 0. The Morgan fingerprint density at radius 1 is 0.700 bits per heavy atom. The van der Waals surface area contributed by atoms with Crippen molar-refractivity contribution in [2.24, 2.45) is 5.92 Å². The van der Waals surface area contributed by atoms with Crippen molar-refractivity contribution >= 4 is 5.91 Å². The minimum atomic E-state index is 0.260. The second-order valence-electron chi connectivity index (χ2n) is 9.05. The van der Waals surface area contributed by atoms with Crippen molar-refractivity contribution in [3.63, 3.8) is 0 Å². The van der Waals surface area contributed by atoms with Crippen LogP contribution in [-0.2, 0) is 19.0 Å². The van der Waals surface area contributed by atoms with Crippen LogP contribution < -0.4 is 0 Å². The molecule has 0 bridgehead atoms. The van der Waals surface area contributed by atoms with Crippen LogP contribution in [0.1, 0.15) is 72.6 Å². The van der Waals surface area contributed by atoms with Crippen molar-refractivity contribution in [1.29, 1.82) is 0 Å². The van der Waals surface area contributed by atoms with Gasteiger partial charge in [0.1, 0.15) is 0 Å². The summed E-state index contributed by atoms with van der Waals surface area (Å²) >= 11 is 0. The average Bonchev–Trinajstić information content (AvgIpc) is 2.73. The van der Waals surface area contributed by atoms with E-state index in [0.29, 0.717) is 45.5 Å². The van der Waals surface area contributed by atoms with E-state index in [1.807, 2.05) is 4.90 Å². The Kier molecular flexibility index (Phi) is 16.3. The summed E-state index contributed by atoms with van der Waals surface area (Å²) in [5, 5.41) is 0. The highest BCUT2D eigenvalue weighted by Crippen LogP contribution is 2.09. The lowest BCUT2D eigenvalue weighted by Crippen LogP contribution is -2.50. The number of amides is 1. The minimum Gasteiger partial charge on any atom is -0.379 e. The lowest BCUT2D eigenvalue weighted by Gasteiger charge is -2.37. The molecule has 1 amide bonds. The number of hydrogen-bond acceptors (Lipinski definition) is 5. The number of nitrogens with zero attached hydrogens (tertiary/aromatic N) is 2. The van der Waals surface area contributed by atoms with Crippen molar-refractivity contribution < 1.29 is 19.0 Å². The first-order chi connectivity index (χ1) is 14.5. The standard InChI is InChI=1S/C24H48N2O4/c1-22(2)10-7-5-6-8-16-28-18-20-30-21-19-29-17-9-11-24(27)26-14-12-25(13-15-26)23(3)4/h22-23H,5-21H2,1-4H3. The van der Waals surface area contributed by atoms with Gasteiger partial charge < -0.3 is 19.1 Å². The highest BCUT2D eigenvalue weighted by molar-refractivity contribution is 5.76. The zero-order valence-electron chi connectivity index (χ0n) is 20.2. The summed E-state index contributed by atoms with van der Waals surface area (Å²) in [6, 6.07) is 0.564. The van der Waals surface area contributed by atoms with E-state index < -0.39 is 0 Å². The number of piperazine rings is 1. The second kappa shape index (κ2) is 17.9. The molecule has 30 heavy (non-hydrogen) atoms. The maximum atomic E-state index is 12.2. The normalized spacial score (nSPS) is 15.5. The van der Waals surface area contributed by atoms with Crippen LogP contribution in [0.15, 0.2) is 0 Å². The van der Waals surface area contributed by atoms with Crippen LogP contribution in [0.4, 0.5) is 0 Å². The van der Waals surface area contributed by atoms with Crippen LogP contribution in [0.3, 0.4) is 0 Å². The summed E-state index contributed by atoms with van der Waals surface area (Å²) in [5.74, 6) is 1.08. The zero-order chi connectivity index (χ0) is 22.0. The molecule has 6 heteroatoms. The first kappa shape index (κ1) is 27.3. The number of carbonyl (C=O) groups excluding carboxylic acids is 1. The molecule has 1 saturated heterocycles. The molecule has 0 aromatic heterocycles. The van der Waals surface area contributed by atoms with E-state index in [1.54, 1.807) is 0 Å². The molecule has 1 heterocycles. The number of ether oxygens (including phenoxy) is 3. The van der Waals surface area contributed by atoms with Gasteiger partial charge in [-0.25, -0.2) is 0 Å². The molecule has 0 aromatic carbocycles. The molecule has 0 aliphatic carbocycles. The maximum Gasteiger partial charge on any atom is 0.222 e. The molecule has 1 rings (SSSR count). The predicted octanol–water partition coefficient (Wildman–Crippen LogP) is 3.98. The summed E-state index contributed by atoms with van der Waals surface area (Å²) in [6.07, 6.45) is 7.76. The summed E-state index contributed by atoms with van der Waals surface area (Å²) in [4.78, 5) is 16.7. The Morgan fingerprint density at radius 3 is 1.80 bits per heavy atom. The van der Waals surface area contributed by atoms with Crippen molar-refractivity contribution in [2.45, 2.75) is 78.7 Å². The van der Waals surface area contributed by atoms with E-state index in [4.69, 9.17) is 14.2 Å². The van der Waals surface area contributed by atoms with Gasteiger partial charge in [-0.3, -0.25) is 9.69 Å². The molecule has 1 aliphatic rings. The first-order valence-corrected chi connectivity index (χ1v) is 12.3. The first-order valence-electron chi connectivity index (χ1n) is 12.3. The van der Waals surface area contributed by atoms with Crippen LogP contribution in [0.2, 0.25) is 0 Å². The van der Waals surface area contributed by atoms with Gasteiger partial charge in [-0.05, 0) is 32.6 Å². The smallest absolute Gasteiger partial charge is 0.222 e. The predicted molar refractivity (Wildman–Crippen MR) is 123 cm³/mol. The maximum absolute atomic E-state index is 12.2. The third-order valence-corrected chi connectivity index (χ3v) is 5.64. The molecule has 0 unspecified atom stereocenters. The van der Waals surface area contributed by atoms with Gasteiger partial charge in [-0.2, -0.15) is 0 Å². The monoisotopic (exact) mass is 428 g/mol. The molecule has 0 N–H and O–H groups in total. The van der Waals surface area contributed by atoms with Crippen molar-refractivity contribution in [3.05, 3.63) is 0 Å². The van der Waals surface area contributed by atoms with Gasteiger partial charge in [0.15, 0.2) is 0 Å². The van der Waals surface area contributed by atoms with Crippen LogP contribution in [0.5, 0.6) is 0 Å². The fourth-order valence-electron chi connectivity index (χ4n) is 3.62. The average molecular weight is 429 g/mol. The number of rotatable bonds is 18. The van der Waals surface area contributed by atoms with Gasteiger partial charge >= 0.3 is 0 Å². The van der Waals surface area contributed by atoms with E-state index in [9.17, 15) is 4.79 Å². The molecule has 6 nitrogen and oxygen atoms in total. The molecular weight excluding hydrogens is 380 g/mol. The van der Waals surface area contributed by atoms with E-state index >= 15 is 0 Å². The topological polar surface area (TPSA) is 51.2 Å². The van der Waals surface area contributed by atoms with Crippen LogP contribution in [-0.4, -0.2) is 87.6 Å².